The van der Waals surface area contributed by atoms with Gasteiger partial charge in [0.05, 0.1) is 18.2 Å². The zero-order valence-corrected chi connectivity index (χ0v) is 12.0. The maximum atomic E-state index is 12.0. The van der Waals surface area contributed by atoms with Gasteiger partial charge in [-0.1, -0.05) is 12.8 Å². The molecule has 1 unspecified atom stereocenters. The molecular formula is C13H19NO5S. The molecule has 6 nitrogen and oxygen atoms in total. The number of carboxylic acid groups (broad SMARTS) is 1. The van der Waals surface area contributed by atoms with Crippen molar-refractivity contribution < 1.29 is 23.1 Å². The number of nitrogens with one attached hydrogen (secondary N) is 1. The van der Waals surface area contributed by atoms with Crippen LogP contribution in [0.3, 0.4) is 0 Å². The molecule has 1 atom stereocenters. The first-order valence-electron chi connectivity index (χ1n) is 6.72. The predicted molar refractivity (Wildman–Crippen MR) is 72.6 cm³/mol. The highest BCUT2D eigenvalue weighted by Crippen LogP contribution is 2.44. The van der Waals surface area contributed by atoms with Gasteiger partial charge in [-0.3, -0.25) is 9.59 Å². The third-order valence-corrected chi connectivity index (χ3v) is 5.40. The van der Waals surface area contributed by atoms with Gasteiger partial charge in [0.25, 0.3) is 0 Å². The highest BCUT2D eigenvalue weighted by Gasteiger charge is 2.38. The van der Waals surface area contributed by atoms with Gasteiger partial charge in [-0.2, -0.15) is 0 Å². The van der Waals surface area contributed by atoms with E-state index in [2.05, 4.69) is 5.32 Å². The summed E-state index contributed by atoms with van der Waals surface area (Å²) >= 11 is 0. The predicted octanol–water partition coefficient (Wildman–Crippen LogP) is 0.838. The van der Waals surface area contributed by atoms with Crippen LogP contribution in [0.15, 0.2) is 11.5 Å². The summed E-state index contributed by atoms with van der Waals surface area (Å²) in [5.74, 6) is -1.26. The van der Waals surface area contributed by atoms with Crippen molar-refractivity contribution in [3.05, 3.63) is 11.5 Å². The fourth-order valence-electron chi connectivity index (χ4n) is 3.13. The summed E-state index contributed by atoms with van der Waals surface area (Å²) in [6.45, 7) is 0. The molecule has 2 N–H and O–H groups in total. The van der Waals surface area contributed by atoms with Crippen LogP contribution >= 0.6 is 0 Å². The first kappa shape index (κ1) is 15.0. The van der Waals surface area contributed by atoms with E-state index in [1.165, 1.54) is 6.08 Å². The summed E-state index contributed by atoms with van der Waals surface area (Å²) in [6, 6.07) is -0.490. The topological polar surface area (TPSA) is 101 Å². The zero-order valence-electron chi connectivity index (χ0n) is 11.2. The van der Waals surface area contributed by atoms with Crippen molar-refractivity contribution in [3.63, 3.8) is 0 Å². The Morgan fingerprint density at radius 1 is 1.25 bits per heavy atom. The lowest BCUT2D eigenvalue weighted by Gasteiger charge is -2.26. The van der Waals surface area contributed by atoms with E-state index in [-0.39, 0.29) is 24.5 Å². The molecule has 1 aliphatic carbocycles. The summed E-state index contributed by atoms with van der Waals surface area (Å²) in [4.78, 5) is 23.0. The molecule has 7 heteroatoms. The molecule has 0 radical (unpaired) electrons. The lowest BCUT2D eigenvalue weighted by atomic mass is 9.79. The molecule has 0 aromatic carbocycles. The average Bonchev–Trinajstić information content (AvgIpc) is 2.85. The number of sulfone groups is 1. The Labute approximate surface area is 118 Å². The van der Waals surface area contributed by atoms with Crippen molar-refractivity contribution in [1.82, 2.24) is 5.32 Å². The standard InChI is InChI=1S/C13H19NO5S/c15-11(14-10-3-6-20(18,19)9-10)7-13(8-12(16)17)4-1-2-5-13/h3,6,10H,1-2,4-5,7-9H2,(H,14,15)(H,16,17). The highest BCUT2D eigenvalue weighted by atomic mass is 32.2. The SMILES string of the molecule is O=C(O)CC1(CC(=O)NC2C=CS(=O)(=O)C2)CCCC1. The Hall–Kier alpha value is -1.37. The monoisotopic (exact) mass is 301 g/mol. The molecule has 2 aliphatic rings. The number of hydrogen-bond donors (Lipinski definition) is 2. The molecule has 0 spiro atoms. The van der Waals surface area contributed by atoms with Gasteiger partial charge in [-0.25, -0.2) is 8.42 Å². The maximum absolute atomic E-state index is 12.0. The normalized spacial score (nSPS) is 26.5. The van der Waals surface area contributed by atoms with Gasteiger partial charge < -0.3 is 10.4 Å². The van der Waals surface area contributed by atoms with Gasteiger partial charge in [-0.15, -0.1) is 0 Å². The van der Waals surface area contributed by atoms with E-state index in [1.54, 1.807) is 0 Å². The van der Waals surface area contributed by atoms with Crippen LogP contribution in [-0.2, 0) is 19.4 Å². The maximum Gasteiger partial charge on any atom is 0.303 e. The molecule has 1 amide bonds. The van der Waals surface area contributed by atoms with Crippen molar-refractivity contribution >= 4 is 21.7 Å². The van der Waals surface area contributed by atoms with E-state index >= 15 is 0 Å². The van der Waals surface area contributed by atoms with E-state index in [9.17, 15) is 18.0 Å². The second kappa shape index (κ2) is 5.55. The van der Waals surface area contributed by atoms with Crippen LogP contribution in [0.4, 0.5) is 0 Å². The summed E-state index contributed by atoms with van der Waals surface area (Å²) in [7, 11) is -3.19. The first-order chi connectivity index (χ1) is 9.30. The number of amides is 1. The lowest BCUT2D eigenvalue weighted by Crippen LogP contribution is -2.38. The van der Waals surface area contributed by atoms with Gasteiger partial charge in [0.2, 0.25) is 5.91 Å². The van der Waals surface area contributed by atoms with Crippen LogP contribution in [0.2, 0.25) is 0 Å². The largest absolute Gasteiger partial charge is 0.481 e. The number of aliphatic carboxylic acids is 1. The molecule has 0 aromatic rings. The highest BCUT2D eigenvalue weighted by molar-refractivity contribution is 7.94. The van der Waals surface area contributed by atoms with Crippen molar-refractivity contribution in [2.75, 3.05) is 5.75 Å². The second-order valence-electron chi connectivity index (χ2n) is 5.79. The molecule has 0 aromatic heterocycles. The molecule has 2 rings (SSSR count). The molecule has 0 bridgehead atoms. The van der Waals surface area contributed by atoms with Crippen LogP contribution in [0, 0.1) is 5.41 Å². The van der Waals surface area contributed by atoms with Crippen LogP contribution in [0.1, 0.15) is 38.5 Å². The molecule has 1 heterocycles. The van der Waals surface area contributed by atoms with E-state index < -0.39 is 27.3 Å². The smallest absolute Gasteiger partial charge is 0.303 e. The van der Waals surface area contributed by atoms with Crippen LogP contribution in [0.5, 0.6) is 0 Å². The quantitative estimate of drug-likeness (QED) is 0.783. The molecule has 1 aliphatic heterocycles. The molecule has 20 heavy (non-hydrogen) atoms. The molecule has 112 valence electrons. The second-order valence-corrected chi connectivity index (χ2v) is 7.72. The Morgan fingerprint density at radius 3 is 2.40 bits per heavy atom. The number of carboxylic acids is 1. The zero-order chi connectivity index (χ0) is 14.8. The van der Waals surface area contributed by atoms with Crippen molar-refractivity contribution in [2.24, 2.45) is 5.41 Å². The number of hydrogen-bond acceptors (Lipinski definition) is 4. The minimum absolute atomic E-state index is 0.000769. The molecular weight excluding hydrogens is 282 g/mol. The van der Waals surface area contributed by atoms with Crippen LogP contribution in [-0.4, -0.2) is 37.2 Å². The van der Waals surface area contributed by atoms with Gasteiger partial charge in [0.1, 0.15) is 0 Å². The number of carbonyl (C=O) groups excluding carboxylic acids is 1. The molecule has 0 saturated heterocycles. The fraction of sp³-hybridized carbons (Fsp3) is 0.692. The van der Waals surface area contributed by atoms with Crippen LogP contribution in [0.25, 0.3) is 0 Å². The van der Waals surface area contributed by atoms with E-state index in [0.717, 1.165) is 31.1 Å². The summed E-state index contributed by atoms with van der Waals surface area (Å²) < 4.78 is 22.5. The number of rotatable bonds is 5. The summed E-state index contributed by atoms with van der Waals surface area (Å²) in [5.41, 5.74) is -0.461. The molecule has 1 fully saturated rings. The van der Waals surface area contributed by atoms with Gasteiger partial charge in [0.15, 0.2) is 9.84 Å². The number of carbonyl (C=O) groups is 2. The van der Waals surface area contributed by atoms with E-state index in [4.69, 9.17) is 5.11 Å². The Morgan fingerprint density at radius 2 is 1.90 bits per heavy atom. The summed E-state index contributed by atoms with van der Waals surface area (Å²) in [6.07, 6.45) is 4.99. The van der Waals surface area contributed by atoms with Crippen molar-refractivity contribution in [1.29, 1.82) is 0 Å². The van der Waals surface area contributed by atoms with Gasteiger partial charge in [-0.05, 0) is 24.3 Å². The van der Waals surface area contributed by atoms with E-state index in [0.29, 0.717) is 0 Å². The Balaban J connectivity index is 1.93. The van der Waals surface area contributed by atoms with Gasteiger partial charge in [0, 0.05) is 11.8 Å². The Bertz CT molecular complexity index is 531. The van der Waals surface area contributed by atoms with Crippen molar-refractivity contribution in [3.8, 4) is 0 Å². The van der Waals surface area contributed by atoms with E-state index in [1.807, 2.05) is 0 Å². The average molecular weight is 301 g/mol. The minimum atomic E-state index is -3.19. The third kappa shape index (κ3) is 3.82. The lowest BCUT2D eigenvalue weighted by molar-refractivity contribution is -0.140. The van der Waals surface area contributed by atoms with Crippen LogP contribution < -0.4 is 5.32 Å². The first-order valence-corrected chi connectivity index (χ1v) is 8.44. The molecule has 1 saturated carbocycles. The third-order valence-electron chi connectivity index (χ3n) is 4.00. The minimum Gasteiger partial charge on any atom is -0.481 e. The summed E-state index contributed by atoms with van der Waals surface area (Å²) in [5, 5.41) is 12.8. The fourth-order valence-corrected chi connectivity index (χ4v) is 4.36. The Kier molecular flexibility index (Phi) is 4.17. The van der Waals surface area contributed by atoms with Crippen molar-refractivity contribution in [2.45, 2.75) is 44.6 Å². The van der Waals surface area contributed by atoms with Gasteiger partial charge >= 0.3 is 5.97 Å².